The number of rotatable bonds is 4. The lowest BCUT2D eigenvalue weighted by atomic mass is 10.0. The fraction of sp³-hybridized carbons (Fsp3) is 0.200. The van der Waals surface area contributed by atoms with Crippen LogP contribution in [0, 0.1) is 16.7 Å². The molecule has 4 heterocycles. The molecule has 0 aromatic carbocycles. The number of anilines is 1. The van der Waals surface area contributed by atoms with Crippen molar-refractivity contribution >= 4 is 17.7 Å². The summed E-state index contributed by atoms with van der Waals surface area (Å²) in [5.41, 5.74) is 6.21. The Balaban J connectivity index is 1.69. The van der Waals surface area contributed by atoms with Crippen molar-refractivity contribution in [2.24, 2.45) is 5.73 Å². The molecule has 0 atom stereocenters. The highest BCUT2D eigenvalue weighted by Crippen LogP contribution is 2.29. The SMILES string of the molecule is N#CC(N)=C(C=N)C1=CCCN(c2ccnc(-c3cnc4cnc(C(F)(F)F)cn34)n2)C1. The van der Waals surface area contributed by atoms with Crippen LogP contribution in [0.2, 0.25) is 0 Å². The lowest BCUT2D eigenvalue weighted by Gasteiger charge is -2.29. The number of halogens is 3. The lowest BCUT2D eigenvalue weighted by Crippen LogP contribution is -2.31. The van der Waals surface area contributed by atoms with Crippen LogP contribution in [0.5, 0.6) is 0 Å². The van der Waals surface area contributed by atoms with Crippen molar-refractivity contribution in [3.05, 3.63) is 59.5 Å². The van der Waals surface area contributed by atoms with E-state index < -0.39 is 11.9 Å². The molecule has 0 radical (unpaired) electrons. The number of nitrogens with two attached hydrogens (primary N) is 1. The molecule has 0 amide bonds. The Hall–Kier alpha value is -4.27. The van der Waals surface area contributed by atoms with E-state index in [4.69, 9.17) is 16.4 Å². The van der Waals surface area contributed by atoms with Gasteiger partial charge < -0.3 is 16.0 Å². The van der Waals surface area contributed by atoms with Crippen LogP contribution in [0.1, 0.15) is 12.1 Å². The molecule has 0 aliphatic carbocycles. The second-order valence-electron chi connectivity index (χ2n) is 6.90. The number of aromatic nitrogens is 5. The number of hydrogen-bond acceptors (Lipinski definition) is 8. The second-order valence-corrected chi connectivity index (χ2v) is 6.90. The van der Waals surface area contributed by atoms with Crippen molar-refractivity contribution in [3.8, 4) is 17.6 Å². The molecule has 0 bridgehead atoms. The molecule has 0 saturated heterocycles. The molecule has 12 heteroatoms. The van der Waals surface area contributed by atoms with Gasteiger partial charge in [-0.05, 0) is 18.1 Å². The third kappa shape index (κ3) is 3.87. The molecule has 0 fully saturated rings. The van der Waals surface area contributed by atoms with Gasteiger partial charge in [0.05, 0.1) is 12.4 Å². The number of alkyl halides is 3. The van der Waals surface area contributed by atoms with E-state index in [1.807, 2.05) is 17.0 Å². The Morgan fingerprint density at radius 2 is 2.06 bits per heavy atom. The van der Waals surface area contributed by atoms with Gasteiger partial charge in [-0.3, -0.25) is 4.40 Å². The fourth-order valence-electron chi connectivity index (χ4n) is 3.39. The van der Waals surface area contributed by atoms with Gasteiger partial charge in [-0.1, -0.05) is 6.08 Å². The molecule has 0 spiro atoms. The molecule has 3 aromatic rings. The second kappa shape index (κ2) is 8.10. The van der Waals surface area contributed by atoms with Gasteiger partial charge in [-0.25, -0.2) is 19.9 Å². The van der Waals surface area contributed by atoms with Crippen molar-refractivity contribution in [2.45, 2.75) is 12.6 Å². The van der Waals surface area contributed by atoms with E-state index in [1.165, 1.54) is 16.8 Å². The average Bonchev–Trinajstić information content (AvgIpc) is 3.22. The molecule has 9 nitrogen and oxygen atoms in total. The number of nitrogens with one attached hydrogen (secondary N) is 1. The van der Waals surface area contributed by atoms with Gasteiger partial charge in [0.15, 0.2) is 17.2 Å². The number of allylic oxidation sites excluding steroid dienone is 1. The molecule has 162 valence electrons. The topological polar surface area (TPSA) is 133 Å². The average molecular weight is 439 g/mol. The molecule has 1 aliphatic rings. The zero-order valence-corrected chi connectivity index (χ0v) is 16.5. The standard InChI is InChI=1S/C20H16F3N9/c21-20(22,23)16-11-32-15(8-29-18(32)9-28-16)19-27-4-3-17(30-19)31-5-1-2-12(10-31)13(6-24)14(26)7-25/h2-4,6,8-9,11,24H,1,5,10,26H2. The van der Waals surface area contributed by atoms with E-state index >= 15 is 0 Å². The van der Waals surface area contributed by atoms with Gasteiger partial charge >= 0.3 is 6.18 Å². The molecule has 0 saturated carbocycles. The Kier molecular flexibility index (Phi) is 5.31. The summed E-state index contributed by atoms with van der Waals surface area (Å²) in [5.74, 6) is 0.741. The van der Waals surface area contributed by atoms with Crippen LogP contribution in [0.15, 0.2) is 53.8 Å². The van der Waals surface area contributed by atoms with E-state index in [-0.39, 0.29) is 22.9 Å². The summed E-state index contributed by atoms with van der Waals surface area (Å²) in [6.07, 6.45) is 3.81. The minimum absolute atomic E-state index is 0.0451. The van der Waals surface area contributed by atoms with Gasteiger partial charge in [0.2, 0.25) is 0 Å². The minimum atomic E-state index is -4.60. The highest BCUT2D eigenvalue weighted by Gasteiger charge is 2.33. The number of nitrogens with zero attached hydrogens (tertiary/aromatic N) is 7. The third-order valence-electron chi connectivity index (χ3n) is 4.93. The van der Waals surface area contributed by atoms with Crippen LogP contribution in [-0.2, 0) is 6.18 Å². The van der Waals surface area contributed by atoms with Crippen molar-refractivity contribution in [3.63, 3.8) is 0 Å². The minimum Gasteiger partial charge on any atom is -0.390 e. The van der Waals surface area contributed by atoms with Crippen molar-refractivity contribution in [1.82, 2.24) is 24.3 Å². The molecule has 4 rings (SSSR count). The zero-order chi connectivity index (χ0) is 22.9. The number of nitriles is 1. The quantitative estimate of drug-likeness (QED) is 0.472. The first-order valence-electron chi connectivity index (χ1n) is 9.40. The van der Waals surface area contributed by atoms with Crippen molar-refractivity contribution in [1.29, 1.82) is 10.7 Å². The van der Waals surface area contributed by atoms with Crippen LogP contribution in [0.4, 0.5) is 19.0 Å². The first kappa shape index (κ1) is 21.0. The fourth-order valence-corrected chi connectivity index (χ4v) is 3.39. The Labute approximate surface area is 179 Å². The van der Waals surface area contributed by atoms with Crippen molar-refractivity contribution < 1.29 is 13.2 Å². The summed E-state index contributed by atoms with van der Waals surface area (Å²) >= 11 is 0. The monoisotopic (exact) mass is 439 g/mol. The highest BCUT2D eigenvalue weighted by molar-refractivity contribution is 5.85. The van der Waals surface area contributed by atoms with Crippen molar-refractivity contribution in [2.75, 3.05) is 18.0 Å². The third-order valence-corrected chi connectivity index (χ3v) is 4.93. The van der Waals surface area contributed by atoms with Crippen LogP contribution in [0.25, 0.3) is 17.2 Å². The highest BCUT2D eigenvalue weighted by atomic mass is 19.4. The predicted molar refractivity (Wildman–Crippen MR) is 110 cm³/mol. The van der Waals surface area contributed by atoms with Crippen LogP contribution in [-0.4, -0.2) is 43.6 Å². The number of fused-ring (bicyclic) bond motifs is 1. The predicted octanol–water partition coefficient (Wildman–Crippen LogP) is 2.73. The van der Waals surface area contributed by atoms with Crippen LogP contribution < -0.4 is 10.6 Å². The summed E-state index contributed by atoms with van der Waals surface area (Å²) in [7, 11) is 0. The van der Waals surface area contributed by atoms with Gasteiger partial charge in [-0.2, -0.15) is 18.4 Å². The van der Waals surface area contributed by atoms with E-state index in [9.17, 15) is 13.2 Å². The Morgan fingerprint density at radius 1 is 1.25 bits per heavy atom. The van der Waals surface area contributed by atoms with Gasteiger partial charge in [0.1, 0.15) is 23.3 Å². The molecular weight excluding hydrogens is 423 g/mol. The lowest BCUT2D eigenvalue weighted by molar-refractivity contribution is -0.141. The van der Waals surface area contributed by atoms with E-state index in [2.05, 4.69) is 19.9 Å². The molecule has 3 aromatic heterocycles. The maximum Gasteiger partial charge on any atom is 0.434 e. The van der Waals surface area contributed by atoms with Crippen LogP contribution in [0.3, 0.4) is 0 Å². The normalized spacial score (nSPS) is 15.2. The largest absolute Gasteiger partial charge is 0.434 e. The molecule has 3 N–H and O–H groups in total. The summed E-state index contributed by atoms with van der Waals surface area (Å²) < 4.78 is 40.5. The first-order valence-corrected chi connectivity index (χ1v) is 9.40. The Morgan fingerprint density at radius 3 is 2.78 bits per heavy atom. The zero-order valence-electron chi connectivity index (χ0n) is 16.5. The maximum absolute atomic E-state index is 13.1. The summed E-state index contributed by atoms with van der Waals surface area (Å²) in [4.78, 5) is 18.1. The van der Waals surface area contributed by atoms with Gasteiger partial charge in [-0.15, -0.1) is 0 Å². The molecule has 1 aliphatic heterocycles. The number of hydrogen-bond donors (Lipinski definition) is 2. The van der Waals surface area contributed by atoms with Gasteiger partial charge in [0.25, 0.3) is 0 Å². The molecular formula is C20H16F3N9. The molecule has 32 heavy (non-hydrogen) atoms. The molecule has 0 unspecified atom stereocenters. The summed E-state index contributed by atoms with van der Waals surface area (Å²) in [5, 5.41) is 16.6. The van der Waals surface area contributed by atoms with E-state index in [0.29, 0.717) is 30.9 Å². The van der Waals surface area contributed by atoms with Gasteiger partial charge in [0, 0.05) is 37.3 Å². The van der Waals surface area contributed by atoms with E-state index in [1.54, 1.807) is 6.07 Å². The summed E-state index contributed by atoms with van der Waals surface area (Å²) in [6, 6.07) is 3.53. The number of imidazole rings is 1. The summed E-state index contributed by atoms with van der Waals surface area (Å²) in [6.45, 7) is 0.978. The smallest absolute Gasteiger partial charge is 0.390 e. The van der Waals surface area contributed by atoms with E-state index in [0.717, 1.165) is 24.2 Å². The van der Waals surface area contributed by atoms with Crippen LogP contribution >= 0.6 is 0 Å². The first-order chi connectivity index (χ1) is 15.3. The maximum atomic E-state index is 13.1. The Bertz CT molecular complexity index is 1300.